The van der Waals surface area contributed by atoms with Crippen LogP contribution in [-0.2, 0) is 16.6 Å². The van der Waals surface area contributed by atoms with Crippen molar-refractivity contribution in [1.29, 1.82) is 0 Å². The molecule has 1 heterocycles. The second-order valence-corrected chi connectivity index (χ2v) is 7.89. The van der Waals surface area contributed by atoms with Crippen molar-refractivity contribution in [3.63, 3.8) is 0 Å². The van der Waals surface area contributed by atoms with E-state index in [4.69, 9.17) is 0 Å². The number of allylic oxidation sites excluding steroid dienone is 1. The Morgan fingerprint density at radius 1 is 1.25 bits per heavy atom. The molecule has 0 spiro atoms. The van der Waals surface area contributed by atoms with Crippen molar-refractivity contribution in [3.8, 4) is 0 Å². The Kier molecular flexibility index (Phi) is 4.38. The Balaban J connectivity index is 2.23. The molecule has 124 valence electrons. The number of hydrogen-bond acceptors (Lipinski definition) is 3. The fourth-order valence-corrected chi connectivity index (χ4v) is 4.66. The molecule has 7 heteroatoms. The molecule has 0 aliphatic rings. The largest absolute Gasteiger partial charge is 0.312 e. The van der Waals surface area contributed by atoms with Gasteiger partial charge in [0.15, 0.2) is 0 Å². The summed E-state index contributed by atoms with van der Waals surface area (Å²) < 4.78 is 44.7. The number of rotatable bonds is 4. The maximum atomic E-state index is 13.0. The number of nitrogens with zero attached hydrogens (tertiary/aromatic N) is 2. The molecule has 2 aromatic carbocycles. The summed E-state index contributed by atoms with van der Waals surface area (Å²) in [6.45, 7) is 6.14. The summed E-state index contributed by atoms with van der Waals surface area (Å²) >= 11 is 1.30. The van der Waals surface area contributed by atoms with Crippen LogP contribution in [0.2, 0.25) is 0 Å². The average molecular weight is 362 g/mol. The Morgan fingerprint density at radius 3 is 2.62 bits per heavy atom. The van der Waals surface area contributed by atoms with E-state index in [0.29, 0.717) is 11.3 Å². The Bertz CT molecular complexity index is 1080. The van der Waals surface area contributed by atoms with E-state index < -0.39 is 15.8 Å². The number of halogens is 1. The third kappa shape index (κ3) is 3.18. The van der Waals surface area contributed by atoms with E-state index in [0.717, 1.165) is 27.9 Å². The van der Waals surface area contributed by atoms with Crippen molar-refractivity contribution in [3.05, 3.63) is 71.3 Å². The molecule has 4 nitrogen and oxygen atoms in total. The number of hydrogen-bond donors (Lipinski definition) is 0. The van der Waals surface area contributed by atoms with Gasteiger partial charge in [-0.1, -0.05) is 23.5 Å². The van der Waals surface area contributed by atoms with Crippen LogP contribution in [0.15, 0.2) is 64.4 Å². The van der Waals surface area contributed by atoms with Gasteiger partial charge in [-0.3, -0.25) is 0 Å². The van der Waals surface area contributed by atoms with E-state index in [1.807, 2.05) is 25.1 Å². The van der Waals surface area contributed by atoms with Gasteiger partial charge in [-0.05, 0) is 48.9 Å². The van der Waals surface area contributed by atoms with Crippen LogP contribution in [0.1, 0.15) is 5.56 Å². The van der Waals surface area contributed by atoms with Crippen LogP contribution >= 0.6 is 11.3 Å². The lowest BCUT2D eigenvalue weighted by molar-refractivity contribution is 0.594. The summed E-state index contributed by atoms with van der Waals surface area (Å²) in [6.07, 6.45) is 1.69. The summed E-state index contributed by atoms with van der Waals surface area (Å²) in [7, 11) is -3.92. The standard InChI is InChI=1S/C17H15FN2O2S2/c1-3-10-20-15-9-4-12(2)11-16(15)23-17(20)19-24(21,22)14-7-5-13(18)6-8-14/h3-9,11H,1,10H2,2H3/b19-17-. The Morgan fingerprint density at radius 2 is 1.96 bits per heavy atom. The number of aromatic nitrogens is 1. The third-order valence-electron chi connectivity index (χ3n) is 3.46. The molecular formula is C17H15FN2O2S2. The minimum atomic E-state index is -3.92. The van der Waals surface area contributed by atoms with E-state index in [1.54, 1.807) is 10.6 Å². The normalized spacial score (nSPS) is 12.7. The molecule has 0 aliphatic heterocycles. The van der Waals surface area contributed by atoms with Gasteiger partial charge >= 0.3 is 0 Å². The highest BCUT2D eigenvalue weighted by molar-refractivity contribution is 7.90. The molecule has 0 bridgehead atoms. The van der Waals surface area contributed by atoms with Crippen LogP contribution in [0.4, 0.5) is 4.39 Å². The first-order chi connectivity index (χ1) is 11.4. The molecule has 3 aromatic rings. The van der Waals surface area contributed by atoms with Gasteiger partial charge in [0.2, 0.25) is 4.80 Å². The summed E-state index contributed by atoms with van der Waals surface area (Å²) in [6, 6.07) is 10.5. The molecule has 0 saturated heterocycles. The van der Waals surface area contributed by atoms with Gasteiger partial charge < -0.3 is 4.57 Å². The Labute approximate surface area is 143 Å². The summed E-state index contributed by atoms with van der Waals surface area (Å²) in [4.78, 5) is 0.322. The van der Waals surface area contributed by atoms with Crippen LogP contribution in [0.5, 0.6) is 0 Å². The van der Waals surface area contributed by atoms with Crippen molar-refractivity contribution in [2.24, 2.45) is 4.40 Å². The predicted molar refractivity (Wildman–Crippen MR) is 93.9 cm³/mol. The molecule has 24 heavy (non-hydrogen) atoms. The quantitative estimate of drug-likeness (QED) is 0.666. The molecule has 0 N–H and O–H groups in total. The van der Waals surface area contributed by atoms with E-state index in [9.17, 15) is 12.8 Å². The van der Waals surface area contributed by atoms with Crippen molar-refractivity contribution >= 4 is 31.6 Å². The van der Waals surface area contributed by atoms with Crippen LogP contribution in [0.3, 0.4) is 0 Å². The first-order valence-electron chi connectivity index (χ1n) is 7.18. The molecule has 0 unspecified atom stereocenters. The molecule has 0 amide bonds. The first kappa shape index (κ1) is 16.6. The molecule has 1 aromatic heterocycles. The SMILES string of the molecule is C=CCn1/c(=N/S(=O)(=O)c2ccc(F)cc2)sc2cc(C)ccc21. The number of aryl methyl sites for hydroxylation is 1. The molecule has 0 atom stereocenters. The average Bonchev–Trinajstić information content (AvgIpc) is 2.84. The summed E-state index contributed by atoms with van der Waals surface area (Å²) in [5, 5.41) is 0. The lowest BCUT2D eigenvalue weighted by atomic mass is 10.2. The molecule has 0 aliphatic carbocycles. The predicted octanol–water partition coefficient (Wildman–Crippen LogP) is 3.63. The highest BCUT2D eigenvalue weighted by atomic mass is 32.2. The number of fused-ring (bicyclic) bond motifs is 1. The topological polar surface area (TPSA) is 51.4 Å². The van der Waals surface area contributed by atoms with Crippen LogP contribution in [0.25, 0.3) is 10.2 Å². The zero-order chi connectivity index (χ0) is 17.3. The highest BCUT2D eigenvalue weighted by Crippen LogP contribution is 2.20. The van der Waals surface area contributed by atoms with E-state index in [-0.39, 0.29) is 4.90 Å². The van der Waals surface area contributed by atoms with Gasteiger partial charge in [0, 0.05) is 6.54 Å². The lowest BCUT2D eigenvalue weighted by Crippen LogP contribution is -2.16. The monoisotopic (exact) mass is 362 g/mol. The van der Waals surface area contributed by atoms with Gasteiger partial charge in [0.05, 0.1) is 15.1 Å². The maximum absolute atomic E-state index is 13.0. The van der Waals surface area contributed by atoms with Crippen molar-refractivity contribution < 1.29 is 12.8 Å². The van der Waals surface area contributed by atoms with E-state index in [2.05, 4.69) is 11.0 Å². The maximum Gasteiger partial charge on any atom is 0.285 e. The fourth-order valence-electron chi connectivity index (χ4n) is 2.32. The zero-order valence-electron chi connectivity index (χ0n) is 12.9. The van der Waals surface area contributed by atoms with E-state index in [1.165, 1.54) is 23.5 Å². The van der Waals surface area contributed by atoms with Crippen LogP contribution < -0.4 is 4.80 Å². The van der Waals surface area contributed by atoms with Crippen LogP contribution in [-0.4, -0.2) is 13.0 Å². The second-order valence-electron chi connectivity index (χ2n) is 5.28. The minimum absolute atomic E-state index is 0.0392. The molecule has 0 fully saturated rings. The van der Waals surface area contributed by atoms with E-state index >= 15 is 0 Å². The van der Waals surface area contributed by atoms with Gasteiger partial charge in [-0.15, -0.1) is 11.0 Å². The van der Waals surface area contributed by atoms with Gasteiger partial charge in [0.1, 0.15) is 5.82 Å². The molecule has 0 saturated carbocycles. The fraction of sp³-hybridized carbons (Fsp3) is 0.118. The Hall–Kier alpha value is -2.25. The van der Waals surface area contributed by atoms with Gasteiger partial charge in [-0.2, -0.15) is 8.42 Å². The van der Waals surface area contributed by atoms with Crippen molar-refractivity contribution in [2.45, 2.75) is 18.4 Å². The summed E-state index contributed by atoms with van der Waals surface area (Å²) in [5.41, 5.74) is 1.99. The number of thiazole rings is 1. The molecule has 3 rings (SSSR count). The second kappa shape index (κ2) is 6.33. The first-order valence-corrected chi connectivity index (χ1v) is 9.44. The number of sulfonamides is 1. The van der Waals surface area contributed by atoms with Gasteiger partial charge in [0.25, 0.3) is 10.0 Å². The number of benzene rings is 2. The van der Waals surface area contributed by atoms with Crippen LogP contribution in [0, 0.1) is 12.7 Å². The lowest BCUT2D eigenvalue weighted by Gasteiger charge is -2.02. The highest BCUT2D eigenvalue weighted by Gasteiger charge is 2.14. The zero-order valence-corrected chi connectivity index (χ0v) is 14.6. The summed E-state index contributed by atoms with van der Waals surface area (Å²) in [5.74, 6) is -0.493. The minimum Gasteiger partial charge on any atom is -0.312 e. The molecular weight excluding hydrogens is 347 g/mol. The van der Waals surface area contributed by atoms with Crippen molar-refractivity contribution in [2.75, 3.05) is 0 Å². The molecule has 0 radical (unpaired) electrons. The third-order valence-corrected chi connectivity index (χ3v) is 5.90. The van der Waals surface area contributed by atoms with Gasteiger partial charge in [-0.25, -0.2) is 4.39 Å². The smallest absolute Gasteiger partial charge is 0.285 e. The van der Waals surface area contributed by atoms with Crippen molar-refractivity contribution in [1.82, 2.24) is 4.57 Å².